The van der Waals surface area contributed by atoms with Crippen molar-refractivity contribution in [1.82, 2.24) is 0 Å². The van der Waals surface area contributed by atoms with Gasteiger partial charge in [-0.25, -0.2) is 4.39 Å². The molecule has 0 amide bonds. The first-order valence-corrected chi connectivity index (χ1v) is 5.32. The molecule has 0 rings (SSSR count). The predicted octanol–water partition coefficient (Wildman–Crippen LogP) is 4.19. The van der Waals surface area contributed by atoms with Gasteiger partial charge in [-0.2, -0.15) is 17.6 Å². The van der Waals surface area contributed by atoms with Crippen molar-refractivity contribution >= 4 is 15.9 Å². The Morgan fingerprint density at radius 3 is 2.12 bits per heavy atom. The van der Waals surface area contributed by atoms with Crippen LogP contribution in [0.4, 0.5) is 26.5 Å². The highest BCUT2D eigenvalue weighted by atomic mass is 79.9. The fourth-order valence-electron chi connectivity index (χ4n) is 0.818. The molecule has 0 aliphatic rings. The van der Waals surface area contributed by atoms with E-state index in [2.05, 4.69) is 20.9 Å². The summed E-state index contributed by atoms with van der Waals surface area (Å²) in [6.07, 6.45) is -7.06. The summed E-state index contributed by atoms with van der Waals surface area (Å²) in [6.45, 7) is 0. The topological polar surface area (TPSA) is 9.23 Å². The van der Waals surface area contributed by atoms with Crippen LogP contribution >= 0.6 is 15.9 Å². The average molecular weight is 315 g/mol. The van der Waals surface area contributed by atoms with E-state index in [1.165, 1.54) is 6.08 Å². The van der Waals surface area contributed by atoms with E-state index in [1.54, 1.807) is 0 Å². The maximum atomic E-state index is 12.9. The summed E-state index contributed by atoms with van der Waals surface area (Å²) in [5, 5.41) is 0.528. The molecule has 0 radical (unpaired) electrons. The van der Waals surface area contributed by atoms with Gasteiger partial charge in [-0.3, -0.25) is 0 Å². The van der Waals surface area contributed by atoms with E-state index < -0.39 is 24.6 Å². The SMILES string of the molecule is FOC(F)(C(F)CC=CCCBr)C(F)(F)F. The molecule has 0 bridgehead atoms. The van der Waals surface area contributed by atoms with Crippen LogP contribution < -0.4 is 0 Å². The van der Waals surface area contributed by atoms with Crippen LogP contribution in [-0.4, -0.2) is 23.5 Å². The van der Waals surface area contributed by atoms with E-state index in [4.69, 9.17) is 0 Å². The van der Waals surface area contributed by atoms with Gasteiger partial charge in [0.1, 0.15) is 0 Å². The minimum Gasteiger partial charge on any atom is -0.240 e. The number of halogens is 7. The fraction of sp³-hybridized carbons (Fsp3) is 0.750. The Labute approximate surface area is 96.5 Å². The Bertz CT molecular complexity index is 231. The molecule has 0 N–H and O–H groups in total. The molecule has 8 heteroatoms. The summed E-state index contributed by atoms with van der Waals surface area (Å²) in [6, 6.07) is 0. The summed E-state index contributed by atoms with van der Waals surface area (Å²) in [5.41, 5.74) is 0. The highest BCUT2D eigenvalue weighted by molar-refractivity contribution is 9.09. The Balaban J connectivity index is 4.48. The van der Waals surface area contributed by atoms with Crippen LogP contribution in [0.5, 0.6) is 0 Å². The lowest BCUT2D eigenvalue weighted by Gasteiger charge is -2.25. The molecular formula is C8H9BrF6O. The maximum absolute atomic E-state index is 12.9. The van der Waals surface area contributed by atoms with Gasteiger partial charge in [-0.1, -0.05) is 28.1 Å². The molecule has 0 saturated heterocycles. The van der Waals surface area contributed by atoms with Gasteiger partial charge in [-0.05, 0) is 10.9 Å². The first-order valence-electron chi connectivity index (χ1n) is 4.20. The fourth-order valence-corrected chi connectivity index (χ4v) is 1.08. The minimum atomic E-state index is -5.76. The molecule has 0 saturated carbocycles. The van der Waals surface area contributed by atoms with Gasteiger partial charge in [-0.15, -0.1) is 4.94 Å². The van der Waals surface area contributed by atoms with Gasteiger partial charge in [0.05, 0.1) is 0 Å². The molecule has 0 fully saturated rings. The third-order valence-corrected chi connectivity index (χ3v) is 2.14. The van der Waals surface area contributed by atoms with Crippen LogP contribution in [0.1, 0.15) is 12.8 Å². The van der Waals surface area contributed by atoms with Crippen LogP contribution in [0, 0.1) is 0 Å². The number of alkyl halides is 6. The first kappa shape index (κ1) is 15.8. The summed E-state index contributed by atoms with van der Waals surface area (Å²) < 4.78 is 72.9. The third-order valence-electron chi connectivity index (χ3n) is 1.69. The summed E-state index contributed by atoms with van der Waals surface area (Å²) in [5.74, 6) is -4.91. The summed E-state index contributed by atoms with van der Waals surface area (Å²) >= 11 is 3.02. The molecule has 96 valence electrons. The molecule has 0 aromatic carbocycles. The molecule has 0 aromatic rings. The lowest BCUT2D eigenvalue weighted by molar-refractivity contribution is -0.417. The van der Waals surface area contributed by atoms with Crippen molar-refractivity contribution in [3.05, 3.63) is 12.2 Å². The molecule has 2 unspecified atom stereocenters. The zero-order valence-electron chi connectivity index (χ0n) is 7.91. The largest absolute Gasteiger partial charge is 0.454 e. The van der Waals surface area contributed by atoms with Gasteiger partial charge in [0, 0.05) is 11.8 Å². The second kappa shape index (κ2) is 6.48. The highest BCUT2D eigenvalue weighted by Gasteiger charge is 2.64. The smallest absolute Gasteiger partial charge is 0.240 e. The zero-order chi connectivity index (χ0) is 12.8. The molecule has 0 heterocycles. The van der Waals surface area contributed by atoms with E-state index >= 15 is 0 Å². The Morgan fingerprint density at radius 2 is 1.75 bits per heavy atom. The normalized spacial score (nSPS) is 18.7. The molecule has 0 aliphatic carbocycles. The number of rotatable bonds is 6. The van der Waals surface area contributed by atoms with Crippen molar-refractivity contribution in [3.63, 3.8) is 0 Å². The lowest BCUT2D eigenvalue weighted by Crippen LogP contribution is -2.49. The standard InChI is InChI=1S/C8H9BrF6O/c9-5-3-1-2-4-6(10)7(11,16-15)8(12,13)14/h1-2,6H,3-5H2. The second-order valence-electron chi connectivity index (χ2n) is 2.87. The maximum Gasteiger partial charge on any atom is 0.454 e. The van der Waals surface area contributed by atoms with Gasteiger partial charge >= 0.3 is 12.0 Å². The quantitative estimate of drug-likeness (QED) is 0.406. The molecule has 16 heavy (non-hydrogen) atoms. The predicted molar refractivity (Wildman–Crippen MR) is 49.2 cm³/mol. The van der Waals surface area contributed by atoms with E-state index in [-0.39, 0.29) is 0 Å². The van der Waals surface area contributed by atoms with Crippen molar-refractivity contribution in [3.8, 4) is 0 Å². The summed E-state index contributed by atoms with van der Waals surface area (Å²) in [4.78, 5) is 2.11. The zero-order valence-corrected chi connectivity index (χ0v) is 9.49. The number of hydrogen-bond acceptors (Lipinski definition) is 1. The molecule has 2 atom stereocenters. The van der Waals surface area contributed by atoms with Gasteiger partial charge in [0.15, 0.2) is 6.17 Å². The van der Waals surface area contributed by atoms with E-state index in [1.807, 2.05) is 0 Å². The van der Waals surface area contributed by atoms with Crippen LogP contribution in [0.15, 0.2) is 12.2 Å². The number of hydrogen-bond donors (Lipinski definition) is 0. The van der Waals surface area contributed by atoms with E-state index in [0.29, 0.717) is 11.8 Å². The Morgan fingerprint density at radius 1 is 1.19 bits per heavy atom. The highest BCUT2D eigenvalue weighted by Crippen LogP contribution is 2.40. The van der Waals surface area contributed by atoms with Crippen LogP contribution in [-0.2, 0) is 4.94 Å². The molecule has 0 aliphatic heterocycles. The van der Waals surface area contributed by atoms with Gasteiger partial charge in [0.2, 0.25) is 0 Å². The van der Waals surface area contributed by atoms with Gasteiger partial charge in [0.25, 0.3) is 0 Å². The Hall–Kier alpha value is -0.240. The van der Waals surface area contributed by atoms with Crippen molar-refractivity contribution in [2.75, 3.05) is 5.33 Å². The summed E-state index contributed by atoms with van der Waals surface area (Å²) in [7, 11) is 0. The van der Waals surface area contributed by atoms with Crippen molar-refractivity contribution in [2.45, 2.75) is 31.0 Å². The molecule has 1 nitrogen and oxygen atoms in total. The first-order chi connectivity index (χ1) is 7.29. The molecular weight excluding hydrogens is 306 g/mol. The number of allylic oxidation sites excluding steroid dienone is 2. The lowest BCUT2D eigenvalue weighted by atomic mass is 10.1. The van der Waals surface area contributed by atoms with Crippen molar-refractivity contribution in [2.24, 2.45) is 0 Å². The van der Waals surface area contributed by atoms with E-state index in [9.17, 15) is 26.5 Å². The third kappa shape index (κ3) is 3.97. The van der Waals surface area contributed by atoms with Crippen LogP contribution in [0.2, 0.25) is 0 Å². The second-order valence-corrected chi connectivity index (χ2v) is 3.67. The van der Waals surface area contributed by atoms with Crippen molar-refractivity contribution < 1.29 is 31.4 Å². The monoisotopic (exact) mass is 314 g/mol. The molecule has 0 spiro atoms. The van der Waals surface area contributed by atoms with Crippen LogP contribution in [0.25, 0.3) is 0 Å². The van der Waals surface area contributed by atoms with E-state index in [0.717, 1.165) is 6.08 Å². The molecule has 0 aromatic heterocycles. The van der Waals surface area contributed by atoms with Crippen LogP contribution in [0.3, 0.4) is 0 Å². The Kier molecular flexibility index (Phi) is 6.39. The van der Waals surface area contributed by atoms with Gasteiger partial charge < -0.3 is 0 Å². The average Bonchev–Trinajstić information content (AvgIpc) is 2.21. The minimum absolute atomic E-state index is 0.439. The van der Waals surface area contributed by atoms with Crippen molar-refractivity contribution in [1.29, 1.82) is 0 Å².